The molecular weight excluding hydrogens is 340 g/mol. The molecule has 1 aromatic heterocycles. The summed E-state index contributed by atoms with van der Waals surface area (Å²) in [6, 6.07) is 19.1. The minimum atomic E-state index is -0.282. The van der Waals surface area contributed by atoms with Crippen LogP contribution in [0.2, 0.25) is 0 Å². The Kier molecular flexibility index (Phi) is 4.03. The van der Waals surface area contributed by atoms with Gasteiger partial charge in [-0.3, -0.25) is 9.89 Å². The molecule has 3 aromatic carbocycles. The van der Waals surface area contributed by atoms with E-state index in [0.29, 0.717) is 16.8 Å². The second-order valence-electron chi connectivity index (χ2n) is 6.05. The topological polar surface area (TPSA) is 102 Å². The number of phenols is 1. The van der Waals surface area contributed by atoms with Crippen molar-refractivity contribution in [3.05, 3.63) is 78.0 Å². The molecule has 0 saturated heterocycles. The molecule has 0 saturated carbocycles. The summed E-state index contributed by atoms with van der Waals surface area (Å²) in [7, 11) is 0. The highest BCUT2D eigenvalue weighted by atomic mass is 16.3. The summed E-state index contributed by atoms with van der Waals surface area (Å²) in [6.45, 7) is 0. The highest BCUT2D eigenvalue weighted by Gasteiger charge is 2.12. The Morgan fingerprint density at radius 3 is 2.63 bits per heavy atom. The van der Waals surface area contributed by atoms with Gasteiger partial charge in [-0.1, -0.05) is 12.1 Å². The third-order valence-electron chi connectivity index (χ3n) is 4.26. The van der Waals surface area contributed by atoms with Crippen molar-refractivity contribution in [2.24, 2.45) is 0 Å². The summed E-state index contributed by atoms with van der Waals surface area (Å²) in [5.74, 6) is -0.115. The third kappa shape index (κ3) is 3.22. The van der Waals surface area contributed by atoms with Gasteiger partial charge in [-0.2, -0.15) is 10.4 Å². The lowest BCUT2D eigenvalue weighted by Gasteiger charge is -2.10. The summed E-state index contributed by atoms with van der Waals surface area (Å²) >= 11 is 0. The average molecular weight is 354 g/mol. The molecule has 0 aliphatic carbocycles. The van der Waals surface area contributed by atoms with Crippen LogP contribution in [0.1, 0.15) is 15.9 Å². The highest BCUT2D eigenvalue weighted by Crippen LogP contribution is 2.31. The molecule has 0 aliphatic rings. The van der Waals surface area contributed by atoms with Gasteiger partial charge in [0.15, 0.2) is 0 Å². The lowest BCUT2D eigenvalue weighted by molar-refractivity contribution is 0.102. The van der Waals surface area contributed by atoms with Crippen LogP contribution in [0.4, 0.5) is 5.69 Å². The molecule has 0 radical (unpaired) electrons. The van der Waals surface area contributed by atoms with Crippen molar-refractivity contribution in [1.29, 1.82) is 5.26 Å². The number of anilines is 1. The summed E-state index contributed by atoms with van der Waals surface area (Å²) in [4.78, 5) is 12.6. The van der Waals surface area contributed by atoms with Crippen LogP contribution in [-0.2, 0) is 0 Å². The first-order chi connectivity index (χ1) is 13.1. The second kappa shape index (κ2) is 6.65. The van der Waals surface area contributed by atoms with Crippen LogP contribution in [0.25, 0.3) is 22.0 Å². The molecule has 130 valence electrons. The normalized spacial score (nSPS) is 10.5. The zero-order valence-corrected chi connectivity index (χ0v) is 14.1. The van der Waals surface area contributed by atoms with E-state index in [1.807, 2.05) is 24.3 Å². The number of carbonyl (C=O) groups is 1. The summed E-state index contributed by atoms with van der Waals surface area (Å²) < 4.78 is 0. The number of aromatic amines is 1. The number of H-pyrrole nitrogens is 1. The number of rotatable bonds is 3. The van der Waals surface area contributed by atoms with Gasteiger partial charge in [0.2, 0.25) is 0 Å². The molecule has 0 aliphatic heterocycles. The maximum atomic E-state index is 12.6. The maximum Gasteiger partial charge on any atom is 0.255 e. The van der Waals surface area contributed by atoms with Gasteiger partial charge in [-0.25, -0.2) is 0 Å². The third-order valence-corrected chi connectivity index (χ3v) is 4.26. The van der Waals surface area contributed by atoms with Gasteiger partial charge in [-0.05, 0) is 59.7 Å². The Balaban J connectivity index is 1.73. The average Bonchev–Trinajstić information content (AvgIpc) is 3.17. The first-order valence-electron chi connectivity index (χ1n) is 8.22. The molecule has 0 spiro atoms. The minimum absolute atomic E-state index is 0.167. The van der Waals surface area contributed by atoms with Gasteiger partial charge in [-0.15, -0.1) is 0 Å². The lowest BCUT2D eigenvalue weighted by atomic mass is 10.0. The second-order valence-corrected chi connectivity index (χ2v) is 6.05. The molecule has 1 heterocycles. The van der Waals surface area contributed by atoms with Crippen LogP contribution >= 0.6 is 0 Å². The van der Waals surface area contributed by atoms with Crippen LogP contribution in [0.3, 0.4) is 0 Å². The molecule has 0 bridgehead atoms. The SMILES string of the molecule is N#Cc1ccc(C(=O)Nc2cc(-c3cccc(O)c3)cc3[nH]ncc23)cc1. The summed E-state index contributed by atoms with van der Waals surface area (Å²) in [5, 5.41) is 29.3. The number of fused-ring (bicyclic) bond motifs is 1. The molecule has 1 amide bonds. The van der Waals surface area contributed by atoms with Crippen molar-refractivity contribution >= 4 is 22.5 Å². The fraction of sp³-hybridized carbons (Fsp3) is 0. The standard InChI is InChI=1S/C21H14N4O2/c22-11-13-4-6-14(7-5-13)21(27)24-19-9-16(10-20-18(19)12-23-25-20)15-2-1-3-17(26)8-15/h1-10,12,26H,(H,23,25)(H,24,27). The van der Waals surface area contributed by atoms with Gasteiger partial charge >= 0.3 is 0 Å². The Morgan fingerprint density at radius 2 is 1.89 bits per heavy atom. The predicted octanol–water partition coefficient (Wildman–Crippen LogP) is 4.06. The van der Waals surface area contributed by atoms with Crippen molar-refractivity contribution in [1.82, 2.24) is 10.2 Å². The quantitative estimate of drug-likeness (QED) is 0.516. The Bertz CT molecular complexity index is 1190. The van der Waals surface area contributed by atoms with E-state index in [1.54, 1.807) is 48.7 Å². The summed E-state index contributed by atoms with van der Waals surface area (Å²) in [5.41, 5.74) is 3.97. The van der Waals surface area contributed by atoms with Gasteiger partial charge in [0.25, 0.3) is 5.91 Å². The number of amides is 1. The zero-order valence-electron chi connectivity index (χ0n) is 14.1. The Labute approximate surface area is 154 Å². The van der Waals surface area contributed by atoms with E-state index in [9.17, 15) is 9.90 Å². The van der Waals surface area contributed by atoms with Gasteiger partial charge in [0.05, 0.1) is 29.0 Å². The van der Waals surface area contributed by atoms with Gasteiger partial charge in [0.1, 0.15) is 5.75 Å². The van der Waals surface area contributed by atoms with E-state index in [4.69, 9.17) is 5.26 Å². The van der Waals surface area contributed by atoms with Crippen molar-refractivity contribution in [2.45, 2.75) is 0 Å². The number of hydrogen-bond donors (Lipinski definition) is 3. The maximum absolute atomic E-state index is 12.6. The number of nitrogens with zero attached hydrogens (tertiary/aromatic N) is 2. The fourth-order valence-electron chi connectivity index (χ4n) is 2.90. The number of aromatic hydroxyl groups is 1. The Hall–Kier alpha value is -4.11. The number of nitrogens with one attached hydrogen (secondary N) is 2. The van der Waals surface area contributed by atoms with Crippen molar-refractivity contribution < 1.29 is 9.90 Å². The number of carbonyl (C=O) groups excluding carboxylic acids is 1. The smallest absolute Gasteiger partial charge is 0.255 e. The summed E-state index contributed by atoms with van der Waals surface area (Å²) in [6.07, 6.45) is 1.65. The lowest BCUT2D eigenvalue weighted by Crippen LogP contribution is -2.12. The first-order valence-corrected chi connectivity index (χ1v) is 8.22. The number of hydrogen-bond acceptors (Lipinski definition) is 4. The molecule has 6 heteroatoms. The van der Waals surface area contributed by atoms with E-state index >= 15 is 0 Å². The molecule has 0 atom stereocenters. The first kappa shape index (κ1) is 16.4. The zero-order chi connectivity index (χ0) is 18.8. The number of phenolic OH excluding ortho intramolecular Hbond substituents is 1. The molecular formula is C21H14N4O2. The fourth-order valence-corrected chi connectivity index (χ4v) is 2.90. The van der Waals surface area contributed by atoms with Gasteiger partial charge in [0, 0.05) is 10.9 Å². The number of benzene rings is 3. The van der Waals surface area contributed by atoms with Crippen LogP contribution < -0.4 is 5.32 Å². The molecule has 0 fully saturated rings. The van der Waals surface area contributed by atoms with Crippen LogP contribution in [0.5, 0.6) is 5.75 Å². The van der Waals surface area contributed by atoms with E-state index in [2.05, 4.69) is 15.5 Å². The van der Waals surface area contributed by atoms with Crippen LogP contribution in [0.15, 0.2) is 66.9 Å². The van der Waals surface area contributed by atoms with Crippen molar-refractivity contribution in [3.8, 4) is 22.9 Å². The molecule has 4 aromatic rings. The van der Waals surface area contributed by atoms with E-state index in [0.717, 1.165) is 22.0 Å². The highest BCUT2D eigenvalue weighted by molar-refractivity contribution is 6.09. The predicted molar refractivity (Wildman–Crippen MR) is 102 cm³/mol. The van der Waals surface area contributed by atoms with Crippen molar-refractivity contribution in [2.75, 3.05) is 5.32 Å². The molecule has 0 unspecified atom stereocenters. The largest absolute Gasteiger partial charge is 0.508 e. The van der Waals surface area contributed by atoms with Crippen LogP contribution in [-0.4, -0.2) is 21.2 Å². The monoisotopic (exact) mass is 354 g/mol. The number of nitriles is 1. The minimum Gasteiger partial charge on any atom is -0.508 e. The molecule has 3 N–H and O–H groups in total. The molecule has 6 nitrogen and oxygen atoms in total. The van der Waals surface area contributed by atoms with E-state index < -0.39 is 0 Å². The van der Waals surface area contributed by atoms with Gasteiger partial charge < -0.3 is 10.4 Å². The molecule has 4 rings (SSSR count). The van der Waals surface area contributed by atoms with E-state index in [1.165, 1.54) is 0 Å². The van der Waals surface area contributed by atoms with E-state index in [-0.39, 0.29) is 11.7 Å². The Morgan fingerprint density at radius 1 is 1.07 bits per heavy atom. The van der Waals surface area contributed by atoms with Crippen LogP contribution in [0, 0.1) is 11.3 Å². The molecule has 27 heavy (non-hydrogen) atoms. The van der Waals surface area contributed by atoms with Crippen molar-refractivity contribution in [3.63, 3.8) is 0 Å². The number of aromatic nitrogens is 2.